The molecule has 1 aromatic rings. The first-order valence-electron chi connectivity index (χ1n) is 5.49. The topological polar surface area (TPSA) is 39.2 Å². The van der Waals surface area contributed by atoms with Crippen molar-refractivity contribution in [1.29, 1.82) is 0 Å². The Morgan fingerprint density at radius 3 is 2.80 bits per heavy atom. The van der Waals surface area contributed by atoms with Gasteiger partial charge in [-0.25, -0.2) is 0 Å². The zero-order valence-electron chi connectivity index (χ0n) is 9.66. The van der Waals surface area contributed by atoms with Crippen LogP contribution in [-0.4, -0.2) is 6.54 Å². The van der Waals surface area contributed by atoms with E-state index >= 15 is 0 Å². The van der Waals surface area contributed by atoms with Gasteiger partial charge in [0.05, 0.1) is 6.26 Å². The number of hydrogen-bond donors (Lipinski definition) is 1. The Bertz CT molecular complexity index is 362. The lowest BCUT2D eigenvalue weighted by Crippen LogP contribution is -2.05. The number of allylic oxidation sites excluding steroid dienone is 1. The summed E-state index contributed by atoms with van der Waals surface area (Å²) in [5, 5.41) is 0. The molecule has 0 bridgehead atoms. The molecule has 0 aromatic carbocycles. The van der Waals surface area contributed by atoms with Crippen LogP contribution in [0.4, 0.5) is 0 Å². The SMILES string of the molecule is C/C(=C/c1ccco1)C1C(CN)C1(C)C. The Kier molecular flexibility index (Phi) is 2.47. The van der Waals surface area contributed by atoms with E-state index in [-0.39, 0.29) is 0 Å². The summed E-state index contributed by atoms with van der Waals surface area (Å²) in [4.78, 5) is 0. The average Bonchev–Trinajstić information content (AvgIpc) is 2.56. The van der Waals surface area contributed by atoms with Crippen LogP contribution in [0, 0.1) is 17.3 Å². The van der Waals surface area contributed by atoms with Gasteiger partial charge in [-0.05, 0) is 48.9 Å². The minimum Gasteiger partial charge on any atom is -0.465 e. The second-order valence-corrected chi connectivity index (χ2v) is 5.05. The Morgan fingerprint density at radius 2 is 2.33 bits per heavy atom. The predicted octanol–water partition coefficient (Wildman–Crippen LogP) is 2.91. The molecular weight excluding hydrogens is 186 g/mol. The van der Waals surface area contributed by atoms with Crippen LogP contribution in [0.25, 0.3) is 6.08 Å². The molecule has 1 aliphatic rings. The highest BCUT2D eigenvalue weighted by molar-refractivity contribution is 5.49. The molecule has 82 valence electrons. The van der Waals surface area contributed by atoms with Crippen molar-refractivity contribution in [3.8, 4) is 0 Å². The lowest BCUT2D eigenvalue weighted by molar-refractivity contribution is 0.549. The summed E-state index contributed by atoms with van der Waals surface area (Å²) in [6.45, 7) is 7.52. The minimum absolute atomic E-state index is 0.363. The molecule has 1 fully saturated rings. The van der Waals surface area contributed by atoms with Crippen LogP contribution >= 0.6 is 0 Å². The highest BCUT2D eigenvalue weighted by atomic mass is 16.3. The van der Waals surface area contributed by atoms with Gasteiger partial charge in [0.2, 0.25) is 0 Å². The van der Waals surface area contributed by atoms with Crippen molar-refractivity contribution in [1.82, 2.24) is 0 Å². The zero-order chi connectivity index (χ0) is 11.1. The van der Waals surface area contributed by atoms with Crippen LogP contribution in [0.3, 0.4) is 0 Å². The van der Waals surface area contributed by atoms with Crippen LogP contribution in [0.5, 0.6) is 0 Å². The van der Waals surface area contributed by atoms with Gasteiger partial charge >= 0.3 is 0 Å². The van der Waals surface area contributed by atoms with Gasteiger partial charge in [-0.3, -0.25) is 0 Å². The van der Waals surface area contributed by atoms with Crippen molar-refractivity contribution in [3.63, 3.8) is 0 Å². The van der Waals surface area contributed by atoms with E-state index in [1.54, 1.807) is 6.26 Å². The average molecular weight is 205 g/mol. The molecule has 0 aliphatic heterocycles. The van der Waals surface area contributed by atoms with Gasteiger partial charge in [0, 0.05) is 0 Å². The van der Waals surface area contributed by atoms with E-state index in [1.165, 1.54) is 5.57 Å². The van der Waals surface area contributed by atoms with E-state index in [0.717, 1.165) is 12.3 Å². The normalized spacial score (nSPS) is 29.2. The van der Waals surface area contributed by atoms with Gasteiger partial charge in [-0.15, -0.1) is 0 Å². The third-order valence-corrected chi connectivity index (χ3v) is 3.71. The minimum atomic E-state index is 0.363. The van der Waals surface area contributed by atoms with Crippen molar-refractivity contribution in [3.05, 3.63) is 29.7 Å². The van der Waals surface area contributed by atoms with Crippen LogP contribution in [0.15, 0.2) is 28.4 Å². The molecule has 1 aromatic heterocycles. The highest BCUT2D eigenvalue weighted by Gasteiger charge is 2.56. The highest BCUT2D eigenvalue weighted by Crippen LogP contribution is 2.61. The van der Waals surface area contributed by atoms with E-state index in [9.17, 15) is 0 Å². The Balaban J connectivity index is 2.14. The fourth-order valence-electron chi connectivity index (χ4n) is 2.78. The molecule has 2 heteroatoms. The fraction of sp³-hybridized carbons (Fsp3) is 0.538. The first-order chi connectivity index (χ1) is 7.07. The maximum Gasteiger partial charge on any atom is 0.126 e. The lowest BCUT2D eigenvalue weighted by atomic mass is 10.0. The summed E-state index contributed by atoms with van der Waals surface area (Å²) in [5.74, 6) is 2.18. The lowest BCUT2D eigenvalue weighted by Gasteiger charge is -2.02. The van der Waals surface area contributed by atoms with Crippen LogP contribution in [0.2, 0.25) is 0 Å². The van der Waals surface area contributed by atoms with E-state index in [0.29, 0.717) is 17.3 Å². The number of rotatable bonds is 3. The molecule has 2 N–H and O–H groups in total. The second kappa shape index (κ2) is 3.53. The van der Waals surface area contributed by atoms with E-state index in [4.69, 9.17) is 10.2 Å². The molecule has 2 atom stereocenters. The second-order valence-electron chi connectivity index (χ2n) is 5.05. The maximum absolute atomic E-state index is 5.76. The molecule has 2 rings (SSSR count). The van der Waals surface area contributed by atoms with Gasteiger partial charge in [0.1, 0.15) is 5.76 Å². The molecule has 2 nitrogen and oxygen atoms in total. The maximum atomic E-state index is 5.76. The van der Waals surface area contributed by atoms with Crippen LogP contribution < -0.4 is 5.73 Å². The molecule has 15 heavy (non-hydrogen) atoms. The summed E-state index contributed by atoms with van der Waals surface area (Å²) in [6, 6.07) is 3.90. The molecule has 1 heterocycles. The summed E-state index contributed by atoms with van der Waals surface area (Å²) >= 11 is 0. The van der Waals surface area contributed by atoms with Gasteiger partial charge in [-0.1, -0.05) is 19.4 Å². The molecule has 2 unspecified atom stereocenters. The Morgan fingerprint density at radius 1 is 1.60 bits per heavy atom. The monoisotopic (exact) mass is 205 g/mol. The fourth-order valence-corrected chi connectivity index (χ4v) is 2.78. The van der Waals surface area contributed by atoms with Crippen LogP contribution in [0.1, 0.15) is 26.5 Å². The van der Waals surface area contributed by atoms with E-state index < -0.39 is 0 Å². The van der Waals surface area contributed by atoms with Crippen molar-refractivity contribution in [2.24, 2.45) is 23.0 Å². The third-order valence-electron chi connectivity index (χ3n) is 3.71. The van der Waals surface area contributed by atoms with Gasteiger partial charge in [0.15, 0.2) is 0 Å². The van der Waals surface area contributed by atoms with Crippen molar-refractivity contribution in [2.75, 3.05) is 6.54 Å². The molecule has 0 saturated heterocycles. The van der Waals surface area contributed by atoms with E-state index in [1.807, 2.05) is 12.1 Å². The van der Waals surface area contributed by atoms with Crippen molar-refractivity contribution >= 4 is 6.08 Å². The van der Waals surface area contributed by atoms with Gasteiger partial charge < -0.3 is 10.2 Å². The van der Waals surface area contributed by atoms with Crippen LogP contribution in [-0.2, 0) is 0 Å². The predicted molar refractivity (Wildman–Crippen MR) is 62.2 cm³/mol. The number of furan rings is 1. The Labute approximate surface area is 91.2 Å². The van der Waals surface area contributed by atoms with Gasteiger partial charge in [0.25, 0.3) is 0 Å². The molecule has 0 amide bonds. The number of nitrogens with two attached hydrogens (primary N) is 1. The quantitative estimate of drug-likeness (QED) is 0.824. The Hall–Kier alpha value is -1.02. The smallest absolute Gasteiger partial charge is 0.126 e. The van der Waals surface area contributed by atoms with E-state index in [2.05, 4.69) is 26.8 Å². The molecular formula is C13H19NO. The van der Waals surface area contributed by atoms with Gasteiger partial charge in [-0.2, -0.15) is 0 Å². The summed E-state index contributed by atoms with van der Waals surface area (Å²) < 4.78 is 5.31. The molecule has 0 radical (unpaired) electrons. The summed E-state index contributed by atoms with van der Waals surface area (Å²) in [6.07, 6.45) is 3.83. The molecule has 0 spiro atoms. The standard InChI is InChI=1S/C13H19NO/c1-9(7-10-5-4-6-15-10)12-11(8-14)13(12,2)3/h4-7,11-12H,8,14H2,1-3H3/b9-7-. The van der Waals surface area contributed by atoms with Crippen molar-refractivity contribution in [2.45, 2.75) is 20.8 Å². The molecule has 1 saturated carbocycles. The van der Waals surface area contributed by atoms with Crippen molar-refractivity contribution < 1.29 is 4.42 Å². The summed E-state index contributed by atoms with van der Waals surface area (Å²) in [7, 11) is 0. The largest absolute Gasteiger partial charge is 0.465 e. The third kappa shape index (κ3) is 1.74. The number of hydrogen-bond acceptors (Lipinski definition) is 2. The zero-order valence-corrected chi connectivity index (χ0v) is 9.66. The summed E-state index contributed by atoms with van der Waals surface area (Å²) in [5.41, 5.74) is 7.50. The first-order valence-corrected chi connectivity index (χ1v) is 5.49. The first kappa shape index (κ1) is 10.5. The molecule has 1 aliphatic carbocycles.